The molecule has 17 heavy (non-hydrogen) atoms. The second-order valence-electron chi connectivity index (χ2n) is 5.49. The van der Waals surface area contributed by atoms with Crippen LogP contribution in [0.4, 0.5) is 0 Å². The summed E-state index contributed by atoms with van der Waals surface area (Å²) in [4.78, 5) is 14.0. The summed E-state index contributed by atoms with van der Waals surface area (Å²) >= 11 is 0. The number of amides is 1. The maximum atomic E-state index is 12.2. The van der Waals surface area contributed by atoms with Crippen LogP contribution in [-0.2, 0) is 9.53 Å². The summed E-state index contributed by atoms with van der Waals surface area (Å²) < 4.78 is 5.63. The monoisotopic (exact) mass is 242 g/mol. The van der Waals surface area contributed by atoms with Gasteiger partial charge in [0.2, 0.25) is 0 Å². The number of nitrogens with two attached hydrogens (primary N) is 1. The number of ether oxygens (including phenoxy) is 1. The molecule has 0 bridgehead atoms. The molecular formula is C13H26N2O2. The van der Waals surface area contributed by atoms with E-state index in [0.717, 1.165) is 19.3 Å². The van der Waals surface area contributed by atoms with Crippen molar-refractivity contribution in [2.45, 2.75) is 58.3 Å². The minimum absolute atomic E-state index is 0.0674. The fourth-order valence-electron chi connectivity index (χ4n) is 2.35. The highest BCUT2D eigenvalue weighted by molar-refractivity contribution is 5.81. The van der Waals surface area contributed by atoms with Gasteiger partial charge in [0.05, 0.1) is 6.10 Å². The van der Waals surface area contributed by atoms with Gasteiger partial charge >= 0.3 is 0 Å². The molecule has 3 unspecified atom stereocenters. The molecule has 1 aliphatic heterocycles. The summed E-state index contributed by atoms with van der Waals surface area (Å²) in [5, 5.41) is 0. The van der Waals surface area contributed by atoms with Gasteiger partial charge in [-0.15, -0.1) is 0 Å². The van der Waals surface area contributed by atoms with E-state index in [-0.39, 0.29) is 24.2 Å². The van der Waals surface area contributed by atoms with Crippen molar-refractivity contribution in [3.63, 3.8) is 0 Å². The van der Waals surface area contributed by atoms with Crippen LogP contribution >= 0.6 is 0 Å². The second-order valence-corrected chi connectivity index (χ2v) is 5.49. The molecule has 3 atom stereocenters. The van der Waals surface area contributed by atoms with Crippen LogP contribution in [0, 0.1) is 5.92 Å². The van der Waals surface area contributed by atoms with Gasteiger partial charge in [-0.2, -0.15) is 0 Å². The number of nitrogens with zero attached hydrogens (tertiary/aromatic N) is 1. The Kier molecular flexibility index (Phi) is 5.40. The van der Waals surface area contributed by atoms with Crippen LogP contribution in [0.1, 0.15) is 40.0 Å². The van der Waals surface area contributed by atoms with Crippen molar-refractivity contribution in [3.8, 4) is 0 Å². The molecule has 1 heterocycles. The standard InChI is InChI=1S/C13H26N2O2/c1-9(2)7-10(3)15(4)13(16)12-6-5-11(8-14)17-12/h9-12H,5-8,14H2,1-4H3. The van der Waals surface area contributed by atoms with Gasteiger partial charge in [0.25, 0.3) is 5.91 Å². The molecule has 0 aliphatic carbocycles. The van der Waals surface area contributed by atoms with Gasteiger partial charge in [0, 0.05) is 19.6 Å². The minimum atomic E-state index is -0.275. The Balaban J connectivity index is 2.46. The van der Waals surface area contributed by atoms with Gasteiger partial charge in [-0.05, 0) is 32.1 Å². The summed E-state index contributed by atoms with van der Waals surface area (Å²) in [6, 6.07) is 0.267. The topological polar surface area (TPSA) is 55.6 Å². The van der Waals surface area contributed by atoms with E-state index in [4.69, 9.17) is 10.5 Å². The summed E-state index contributed by atoms with van der Waals surface area (Å²) in [5.74, 6) is 0.704. The van der Waals surface area contributed by atoms with Crippen LogP contribution in [0.5, 0.6) is 0 Å². The van der Waals surface area contributed by atoms with E-state index in [2.05, 4.69) is 20.8 Å². The zero-order valence-electron chi connectivity index (χ0n) is 11.5. The van der Waals surface area contributed by atoms with Crippen molar-refractivity contribution in [2.24, 2.45) is 11.7 Å². The van der Waals surface area contributed by atoms with Crippen molar-refractivity contribution < 1.29 is 9.53 Å². The van der Waals surface area contributed by atoms with Crippen LogP contribution < -0.4 is 5.73 Å². The zero-order valence-corrected chi connectivity index (χ0v) is 11.5. The molecule has 0 aromatic heterocycles. The van der Waals surface area contributed by atoms with E-state index < -0.39 is 0 Å². The molecule has 0 aromatic carbocycles. The first-order valence-corrected chi connectivity index (χ1v) is 6.57. The van der Waals surface area contributed by atoms with E-state index >= 15 is 0 Å². The lowest BCUT2D eigenvalue weighted by Crippen LogP contribution is -2.42. The predicted molar refractivity (Wildman–Crippen MR) is 68.6 cm³/mol. The smallest absolute Gasteiger partial charge is 0.251 e. The molecular weight excluding hydrogens is 216 g/mol. The van der Waals surface area contributed by atoms with E-state index in [1.165, 1.54) is 0 Å². The SMILES string of the molecule is CC(C)CC(C)N(C)C(=O)C1CCC(CN)O1. The van der Waals surface area contributed by atoms with Crippen molar-refractivity contribution >= 4 is 5.91 Å². The Morgan fingerprint density at radius 1 is 1.41 bits per heavy atom. The number of likely N-dealkylation sites (N-methyl/N-ethyl adjacent to an activating group) is 1. The van der Waals surface area contributed by atoms with Crippen LogP contribution in [0.15, 0.2) is 0 Å². The normalized spacial score (nSPS) is 26.2. The van der Waals surface area contributed by atoms with Crippen LogP contribution in [-0.4, -0.2) is 42.6 Å². The molecule has 4 heteroatoms. The van der Waals surface area contributed by atoms with E-state index in [9.17, 15) is 4.79 Å². The van der Waals surface area contributed by atoms with Gasteiger partial charge in [-0.25, -0.2) is 0 Å². The van der Waals surface area contributed by atoms with Crippen molar-refractivity contribution in [2.75, 3.05) is 13.6 Å². The first-order chi connectivity index (χ1) is 7.95. The highest BCUT2D eigenvalue weighted by Crippen LogP contribution is 2.22. The quantitative estimate of drug-likeness (QED) is 0.792. The molecule has 100 valence electrons. The Morgan fingerprint density at radius 3 is 2.53 bits per heavy atom. The Morgan fingerprint density at radius 2 is 2.06 bits per heavy atom. The first kappa shape index (κ1) is 14.5. The first-order valence-electron chi connectivity index (χ1n) is 6.57. The van der Waals surface area contributed by atoms with Crippen molar-refractivity contribution in [3.05, 3.63) is 0 Å². The molecule has 4 nitrogen and oxygen atoms in total. The maximum Gasteiger partial charge on any atom is 0.251 e. The molecule has 1 fully saturated rings. The number of hydrogen-bond donors (Lipinski definition) is 1. The lowest BCUT2D eigenvalue weighted by molar-refractivity contribution is -0.143. The molecule has 0 saturated carbocycles. The largest absolute Gasteiger partial charge is 0.364 e. The maximum absolute atomic E-state index is 12.2. The van der Waals surface area contributed by atoms with Crippen LogP contribution in [0.25, 0.3) is 0 Å². The highest BCUT2D eigenvalue weighted by Gasteiger charge is 2.33. The van der Waals surface area contributed by atoms with Gasteiger partial charge in [0.1, 0.15) is 6.10 Å². The third-order valence-corrected chi connectivity index (χ3v) is 3.47. The van der Waals surface area contributed by atoms with Crippen molar-refractivity contribution in [1.29, 1.82) is 0 Å². The number of carbonyl (C=O) groups excluding carboxylic acids is 1. The molecule has 1 aliphatic rings. The lowest BCUT2D eigenvalue weighted by Gasteiger charge is -2.28. The highest BCUT2D eigenvalue weighted by atomic mass is 16.5. The Labute approximate surface area is 104 Å². The second kappa shape index (κ2) is 6.36. The fourth-order valence-corrected chi connectivity index (χ4v) is 2.35. The van der Waals surface area contributed by atoms with Gasteiger partial charge in [0.15, 0.2) is 0 Å². The third-order valence-electron chi connectivity index (χ3n) is 3.47. The number of carbonyl (C=O) groups is 1. The summed E-state index contributed by atoms with van der Waals surface area (Å²) in [7, 11) is 1.87. The molecule has 1 saturated heterocycles. The minimum Gasteiger partial charge on any atom is -0.364 e. The molecule has 1 amide bonds. The zero-order chi connectivity index (χ0) is 13.0. The van der Waals surface area contributed by atoms with E-state index in [1.54, 1.807) is 0 Å². The Hall–Kier alpha value is -0.610. The molecule has 0 spiro atoms. The van der Waals surface area contributed by atoms with Gasteiger partial charge < -0.3 is 15.4 Å². The number of rotatable bonds is 5. The van der Waals surface area contributed by atoms with Crippen molar-refractivity contribution in [1.82, 2.24) is 4.90 Å². The van der Waals surface area contributed by atoms with Gasteiger partial charge in [-0.3, -0.25) is 4.79 Å². The third kappa shape index (κ3) is 3.96. The average molecular weight is 242 g/mol. The van der Waals surface area contributed by atoms with Crippen LogP contribution in [0.2, 0.25) is 0 Å². The van der Waals surface area contributed by atoms with E-state index in [0.29, 0.717) is 12.5 Å². The average Bonchev–Trinajstić information content (AvgIpc) is 2.74. The summed E-state index contributed by atoms with van der Waals surface area (Å²) in [6.45, 7) is 6.94. The van der Waals surface area contributed by atoms with E-state index in [1.807, 2.05) is 11.9 Å². The van der Waals surface area contributed by atoms with Crippen LogP contribution in [0.3, 0.4) is 0 Å². The summed E-state index contributed by atoms with van der Waals surface area (Å²) in [6.07, 6.45) is 2.52. The Bertz CT molecular complexity index is 256. The lowest BCUT2D eigenvalue weighted by atomic mass is 10.0. The molecule has 0 radical (unpaired) electrons. The molecule has 2 N–H and O–H groups in total. The predicted octanol–water partition coefficient (Wildman–Crippen LogP) is 1.39. The summed E-state index contributed by atoms with van der Waals surface area (Å²) in [5.41, 5.74) is 5.55. The molecule has 0 aromatic rings. The van der Waals surface area contributed by atoms with Gasteiger partial charge in [-0.1, -0.05) is 13.8 Å². The number of hydrogen-bond acceptors (Lipinski definition) is 3. The fraction of sp³-hybridized carbons (Fsp3) is 0.923. The molecule has 1 rings (SSSR count).